The van der Waals surface area contributed by atoms with Gasteiger partial charge in [-0.25, -0.2) is 19.9 Å². The Morgan fingerprint density at radius 2 is 0.968 bits per heavy atom. The van der Waals surface area contributed by atoms with Crippen molar-refractivity contribution in [3.8, 4) is 67.5 Å². The Labute approximate surface area is 367 Å². The zero-order chi connectivity index (χ0) is 41.5. The van der Waals surface area contributed by atoms with Crippen LogP contribution in [0.15, 0.2) is 221 Å². The Bertz CT molecular complexity index is 3600. The van der Waals surface area contributed by atoms with Gasteiger partial charge in [0, 0.05) is 55.2 Å². The van der Waals surface area contributed by atoms with Gasteiger partial charge >= 0.3 is 0 Å². The quantitative estimate of drug-likeness (QED) is 0.176. The summed E-state index contributed by atoms with van der Waals surface area (Å²) in [7, 11) is 0. The predicted molar refractivity (Wildman–Crippen MR) is 254 cm³/mol. The lowest BCUT2D eigenvalue weighted by molar-refractivity contribution is 0.660. The summed E-state index contributed by atoms with van der Waals surface area (Å²) in [6.45, 7) is 0. The highest BCUT2D eigenvalue weighted by Crippen LogP contribution is 2.62. The SMILES string of the molecule is c1ccc(-c2ncc(-c3cc(-c4ccc5c(c4)C4(c6ccccc6Sc6cc7c(cc64)oc4ccccc47)c4ccccc4-c4ccccc4-5)nc(-c4ccccc4)n3)cn2)cc1. The van der Waals surface area contributed by atoms with Crippen molar-refractivity contribution in [2.45, 2.75) is 15.2 Å². The molecule has 0 saturated carbocycles. The molecule has 0 fully saturated rings. The smallest absolute Gasteiger partial charge is 0.160 e. The zero-order valence-electron chi connectivity index (χ0n) is 33.7. The average molecular weight is 823 g/mol. The Kier molecular flexibility index (Phi) is 7.99. The van der Waals surface area contributed by atoms with Crippen LogP contribution in [-0.4, -0.2) is 19.9 Å². The topological polar surface area (TPSA) is 64.7 Å². The highest BCUT2D eigenvalue weighted by atomic mass is 32.2. The van der Waals surface area contributed by atoms with Crippen molar-refractivity contribution in [3.05, 3.63) is 229 Å². The molecule has 0 bridgehead atoms. The molecule has 63 heavy (non-hydrogen) atoms. The van der Waals surface area contributed by atoms with Crippen LogP contribution in [-0.2, 0) is 5.41 Å². The van der Waals surface area contributed by atoms with Crippen LogP contribution in [0.4, 0.5) is 0 Å². The second-order valence-corrected chi connectivity index (χ2v) is 17.2. The standard InChI is InChI=1S/C57H34N4OS/c1-3-15-35(16-4-1)55-58-33-38(34-59-55)50-32-49(60-56(61-50)36-17-5-2-6-18-36)37-27-28-42-40-20-8-7-19-39(40)41-21-9-11-23-45(41)57(47(42)29-37)46-24-12-14-26-53(46)63-54-30-44-43-22-10-13-25-51(43)62-52(44)31-48(54)57/h1-34H. The maximum Gasteiger partial charge on any atom is 0.160 e. The number of hydrogen-bond acceptors (Lipinski definition) is 6. The molecule has 6 heteroatoms. The third kappa shape index (κ3) is 5.51. The summed E-state index contributed by atoms with van der Waals surface area (Å²) >= 11 is 1.84. The molecule has 0 radical (unpaired) electrons. The minimum absolute atomic E-state index is 0.632. The van der Waals surface area contributed by atoms with Gasteiger partial charge in [-0.3, -0.25) is 0 Å². The van der Waals surface area contributed by atoms with Crippen LogP contribution in [0, 0.1) is 0 Å². The van der Waals surface area contributed by atoms with E-state index in [1.807, 2.05) is 78.8 Å². The maximum atomic E-state index is 6.71. The minimum atomic E-state index is -0.746. The van der Waals surface area contributed by atoms with Crippen molar-refractivity contribution in [3.63, 3.8) is 0 Å². The molecule has 0 saturated heterocycles. The van der Waals surface area contributed by atoms with Crippen LogP contribution in [0.2, 0.25) is 0 Å². The fourth-order valence-electron chi connectivity index (χ4n) is 9.89. The highest BCUT2D eigenvalue weighted by Gasteiger charge is 2.48. The molecule has 2 aliphatic rings. The summed E-state index contributed by atoms with van der Waals surface area (Å²) in [6.07, 6.45) is 3.73. The molecule has 1 aliphatic carbocycles. The van der Waals surface area contributed by atoms with E-state index in [1.165, 1.54) is 54.3 Å². The molecular weight excluding hydrogens is 789 g/mol. The normalized spacial score (nSPS) is 14.7. The second kappa shape index (κ2) is 14.1. The summed E-state index contributed by atoms with van der Waals surface area (Å²) < 4.78 is 6.71. The first-order chi connectivity index (χ1) is 31.2. The van der Waals surface area contributed by atoms with Gasteiger partial charge in [0.25, 0.3) is 0 Å². The molecule has 13 rings (SSSR count). The monoisotopic (exact) mass is 822 g/mol. The number of aromatic nitrogens is 4. The third-order valence-corrected chi connectivity index (χ3v) is 13.8. The minimum Gasteiger partial charge on any atom is -0.456 e. The lowest BCUT2D eigenvalue weighted by atomic mass is 9.63. The fraction of sp³-hybridized carbons (Fsp3) is 0.0175. The van der Waals surface area contributed by atoms with Gasteiger partial charge in [0.1, 0.15) is 11.2 Å². The van der Waals surface area contributed by atoms with Gasteiger partial charge < -0.3 is 4.42 Å². The number of hydrogen-bond donors (Lipinski definition) is 0. The van der Waals surface area contributed by atoms with Crippen molar-refractivity contribution in [2.75, 3.05) is 0 Å². The highest BCUT2D eigenvalue weighted by molar-refractivity contribution is 7.99. The van der Waals surface area contributed by atoms with E-state index in [4.69, 9.17) is 24.4 Å². The number of benzene rings is 8. The number of furan rings is 1. The molecule has 4 heterocycles. The van der Waals surface area contributed by atoms with Crippen LogP contribution in [0.5, 0.6) is 0 Å². The zero-order valence-corrected chi connectivity index (χ0v) is 34.6. The van der Waals surface area contributed by atoms with E-state index < -0.39 is 5.41 Å². The van der Waals surface area contributed by atoms with Gasteiger partial charge in [-0.2, -0.15) is 0 Å². The molecule has 5 nitrogen and oxygen atoms in total. The second-order valence-electron chi connectivity index (χ2n) is 16.1. The van der Waals surface area contributed by atoms with Gasteiger partial charge in [0.05, 0.1) is 16.8 Å². The summed E-state index contributed by atoms with van der Waals surface area (Å²) in [4.78, 5) is 22.5. The van der Waals surface area contributed by atoms with Crippen molar-refractivity contribution in [1.82, 2.24) is 19.9 Å². The van der Waals surface area contributed by atoms with E-state index in [2.05, 4.69) is 140 Å². The summed E-state index contributed by atoms with van der Waals surface area (Å²) in [5.74, 6) is 1.30. The number of fused-ring (bicyclic) bond motifs is 14. The fourth-order valence-corrected chi connectivity index (χ4v) is 11.1. The Hall–Kier alpha value is -7.93. The van der Waals surface area contributed by atoms with Gasteiger partial charge in [0.15, 0.2) is 11.6 Å². The summed E-state index contributed by atoms with van der Waals surface area (Å²) in [5, 5.41) is 2.24. The molecule has 1 spiro atoms. The Morgan fingerprint density at radius 3 is 1.73 bits per heavy atom. The van der Waals surface area contributed by atoms with Crippen LogP contribution >= 0.6 is 11.8 Å². The molecule has 8 aromatic carbocycles. The van der Waals surface area contributed by atoms with E-state index >= 15 is 0 Å². The molecule has 1 atom stereocenters. The van der Waals surface area contributed by atoms with Crippen molar-refractivity contribution < 1.29 is 4.42 Å². The number of rotatable bonds is 4. The first-order valence-electron chi connectivity index (χ1n) is 21.1. The van der Waals surface area contributed by atoms with Crippen LogP contribution in [0.1, 0.15) is 22.3 Å². The molecule has 3 aromatic heterocycles. The Morgan fingerprint density at radius 1 is 0.365 bits per heavy atom. The van der Waals surface area contributed by atoms with Crippen molar-refractivity contribution in [1.29, 1.82) is 0 Å². The van der Waals surface area contributed by atoms with Crippen LogP contribution in [0.3, 0.4) is 0 Å². The average Bonchev–Trinajstić information content (AvgIpc) is 3.68. The lowest BCUT2D eigenvalue weighted by Crippen LogP contribution is -2.34. The first kappa shape index (κ1) is 35.8. The molecule has 294 valence electrons. The van der Waals surface area contributed by atoms with Crippen LogP contribution < -0.4 is 0 Å². The number of para-hydroxylation sites is 1. The predicted octanol–water partition coefficient (Wildman–Crippen LogP) is 14.3. The molecule has 11 aromatic rings. The molecule has 0 N–H and O–H groups in total. The van der Waals surface area contributed by atoms with Gasteiger partial charge in [-0.15, -0.1) is 0 Å². The van der Waals surface area contributed by atoms with Crippen molar-refractivity contribution >= 4 is 33.7 Å². The van der Waals surface area contributed by atoms with E-state index in [0.29, 0.717) is 11.6 Å². The molecule has 0 amide bonds. The first-order valence-corrected chi connectivity index (χ1v) is 21.9. The molecule has 1 aliphatic heterocycles. The molecule has 1 unspecified atom stereocenters. The van der Waals surface area contributed by atoms with Gasteiger partial charge in [-0.1, -0.05) is 169 Å². The van der Waals surface area contributed by atoms with Crippen LogP contribution in [0.25, 0.3) is 89.5 Å². The lowest BCUT2D eigenvalue weighted by Gasteiger charge is -2.43. The third-order valence-electron chi connectivity index (χ3n) is 12.7. The summed E-state index contributed by atoms with van der Waals surface area (Å²) in [6, 6.07) is 69.1. The van der Waals surface area contributed by atoms with E-state index in [-0.39, 0.29) is 0 Å². The number of nitrogens with zero attached hydrogens (tertiary/aromatic N) is 4. The van der Waals surface area contributed by atoms with E-state index in [0.717, 1.165) is 55.6 Å². The summed E-state index contributed by atoms with van der Waals surface area (Å²) in [5.41, 5.74) is 15.9. The van der Waals surface area contributed by atoms with Crippen molar-refractivity contribution in [2.24, 2.45) is 0 Å². The van der Waals surface area contributed by atoms with Gasteiger partial charge in [-0.05, 0) is 80.9 Å². The maximum absolute atomic E-state index is 6.71. The van der Waals surface area contributed by atoms with E-state index in [9.17, 15) is 0 Å². The van der Waals surface area contributed by atoms with Gasteiger partial charge in [0.2, 0.25) is 0 Å². The Balaban J connectivity index is 1.11. The largest absolute Gasteiger partial charge is 0.456 e. The van der Waals surface area contributed by atoms with E-state index in [1.54, 1.807) is 0 Å². The molecular formula is C57H34N4OS.